The third-order valence-corrected chi connectivity index (χ3v) is 4.02. The number of hydrogen-bond donors (Lipinski definition) is 2. The number of amides is 1. The third kappa shape index (κ3) is 4.11. The lowest BCUT2D eigenvalue weighted by molar-refractivity contribution is -0.125. The van der Waals surface area contributed by atoms with Gasteiger partial charge in [-0.1, -0.05) is 13.8 Å². The van der Waals surface area contributed by atoms with E-state index >= 15 is 0 Å². The van der Waals surface area contributed by atoms with Crippen LogP contribution in [0.5, 0.6) is 0 Å². The van der Waals surface area contributed by atoms with Gasteiger partial charge in [0.1, 0.15) is 0 Å². The van der Waals surface area contributed by atoms with E-state index in [1.165, 1.54) is 12.8 Å². The molecule has 1 heterocycles. The van der Waals surface area contributed by atoms with Crippen LogP contribution in [0.25, 0.3) is 0 Å². The second kappa shape index (κ2) is 7.31. The molecule has 0 radical (unpaired) electrons. The Kier molecular flexibility index (Phi) is 6.39. The number of rotatable bonds is 6. The van der Waals surface area contributed by atoms with Gasteiger partial charge in [-0.25, -0.2) is 0 Å². The number of halogens is 1. The SMILES string of the molecule is CCN(CCNC(=O)[C@@H]1CNC[C@H]1C)C1CC1.Cl. The highest BCUT2D eigenvalue weighted by Crippen LogP contribution is 2.25. The monoisotopic (exact) mass is 275 g/mol. The van der Waals surface area contributed by atoms with Gasteiger partial charge in [-0.3, -0.25) is 9.69 Å². The van der Waals surface area contributed by atoms with E-state index in [0.29, 0.717) is 5.92 Å². The topological polar surface area (TPSA) is 44.4 Å². The van der Waals surface area contributed by atoms with Gasteiger partial charge in [-0.05, 0) is 31.8 Å². The zero-order valence-electron chi connectivity index (χ0n) is 11.4. The molecule has 1 saturated heterocycles. The normalized spacial score (nSPS) is 27.1. The predicted molar refractivity (Wildman–Crippen MR) is 76.1 cm³/mol. The standard InChI is InChI=1S/C13H25N3O.ClH/c1-3-16(11-4-5-11)7-6-15-13(17)12-9-14-8-10(12)2;/h10-12,14H,3-9H2,1-2H3,(H,15,17);1H/t10-,12-;/m1./s1. The molecule has 0 bridgehead atoms. The Labute approximate surface area is 116 Å². The molecule has 1 aliphatic carbocycles. The van der Waals surface area contributed by atoms with Gasteiger partial charge in [0, 0.05) is 25.7 Å². The van der Waals surface area contributed by atoms with Gasteiger partial charge < -0.3 is 10.6 Å². The molecule has 4 nitrogen and oxygen atoms in total. The Hall–Kier alpha value is -0.320. The zero-order chi connectivity index (χ0) is 12.3. The lowest BCUT2D eigenvalue weighted by atomic mass is 9.97. The summed E-state index contributed by atoms with van der Waals surface area (Å²) in [5, 5.41) is 6.35. The van der Waals surface area contributed by atoms with Gasteiger partial charge in [-0.15, -0.1) is 12.4 Å². The summed E-state index contributed by atoms with van der Waals surface area (Å²) in [7, 11) is 0. The fourth-order valence-corrected chi connectivity index (χ4v) is 2.65. The van der Waals surface area contributed by atoms with E-state index in [-0.39, 0.29) is 24.2 Å². The Bertz CT molecular complexity index is 271. The summed E-state index contributed by atoms with van der Waals surface area (Å²) in [6.45, 7) is 9.06. The number of carbonyl (C=O) groups is 1. The van der Waals surface area contributed by atoms with Crippen LogP contribution in [-0.2, 0) is 4.79 Å². The molecule has 0 aromatic rings. The first kappa shape index (κ1) is 15.7. The summed E-state index contributed by atoms with van der Waals surface area (Å²) in [5.74, 6) is 0.876. The average Bonchev–Trinajstić information content (AvgIpc) is 3.06. The number of likely N-dealkylation sites (N-methyl/N-ethyl adjacent to an activating group) is 1. The summed E-state index contributed by atoms with van der Waals surface area (Å²) in [5.41, 5.74) is 0. The molecule has 0 unspecified atom stereocenters. The maximum absolute atomic E-state index is 11.9. The highest BCUT2D eigenvalue weighted by atomic mass is 35.5. The molecule has 1 amide bonds. The van der Waals surface area contributed by atoms with Crippen LogP contribution in [0.2, 0.25) is 0 Å². The fourth-order valence-electron chi connectivity index (χ4n) is 2.65. The van der Waals surface area contributed by atoms with Crippen LogP contribution in [0.3, 0.4) is 0 Å². The van der Waals surface area contributed by atoms with Crippen molar-refractivity contribution in [3.8, 4) is 0 Å². The Morgan fingerprint density at radius 2 is 2.11 bits per heavy atom. The molecule has 0 aromatic heterocycles. The van der Waals surface area contributed by atoms with E-state index in [9.17, 15) is 4.79 Å². The van der Waals surface area contributed by atoms with Gasteiger partial charge >= 0.3 is 0 Å². The zero-order valence-corrected chi connectivity index (χ0v) is 12.3. The van der Waals surface area contributed by atoms with Crippen LogP contribution in [-0.4, -0.2) is 49.6 Å². The molecule has 2 fully saturated rings. The van der Waals surface area contributed by atoms with E-state index in [4.69, 9.17) is 0 Å². The number of nitrogens with one attached hydrogen (secondary N) is 2. The Morgan fingerprint density at radius 1 is 1.39 bits per heavy atom. The largest absolute Gasteiger partial charge is 0.355 e. The van der Waals surface area contributed by atoms with Crippen molar-refractivity contribution in [2.75, 3.05) is 32.7 Å². The van der Waals surface area contributed by atoms with E-state index in [1.54, 1.807) is 0 Å². The molecular weight excluding hydrogens is 250 g/mol. The second-order valence-corrected chi connectivity index (χ2v) is 5.39. The van der Waals surface area contributed by atoms with Crippen LogP contribution < -0.4 is 10.6 Å². The van der Waals surface area contributed by atoms with Crippen molar-refractivity contribution in [3.05, 3.63) is 0 Å². The summed E-state index contributed by atoms with van der Waals surface area (Å²) in [6.07, 6.45) is 2.68. The molecule has 2 N–H and O–H groups in total. The van der Waals surface area contributed by atoms with E-state index in [2.05, 4.69) is 29.4 Å². The first-order chi connectivity index (χ1) is 8.22. The van der Waals surface area contributed by atoms with Crippen molar-refractivity contribution in [2.24, 2.45) is 11.8 Å². The molecule has 1 aliphatic heterocycles. The number of carbonyl (C=O) groups excluding carboxylic acids is 1. The van der Waals surface area contributed by atoms with Crippen LogP contribution in [0, 0.1) is 11.8 Å². The molecule has 0 aromatic carbocycles. The van der Waals surface area contributed by atoms with Gasteiger partial charge in [-0.2, -0.15) is 0 Å². The number of hydrogen-bond acceptors (Lipinski definition) is 3. The second-order valence-electron chi connectivity index (χ2n) is 5.39. The van der Waals surface area contributed by atoms with Crippen LogP contribution in [0.1, 0.15) is 26.7 Å². The molecule has 2 aliphatic rings. The molecule has 1 saturated carbocycles. The predicted octanol–water partition coefficient (Wildman–Crippen LogP) is 0.864. The summed E-state index contributed by atoms with van der Waals surface area (Å²) >= 11 is 0. The van der Waals surface area contributed by atoms with Crippen molar-refractivity contribution in [2.45, 2.75) is 32.7 Å². The summed E-state index contributed by atoms with van der Waals surface area (Å²) < 4.78 is 0. The quantitative estimate of drug-likeness (QED) is 0.756. The van der Waals surface area contributed by atoms with Gasteiger partial charge in [0.05, 0.1) is 5.92 Å². The van der Waals surface area contributed by atoms with Crippen molar-refractivity contribution in [1.82, 2.24) is 15.5 Å². The molecule has 106 valence electrons. The number of nitrogens with zero attached hydrogens (tertiary/aromatic N) is 1. The minimum Gasteiger partial charge on any atom is -0.355 e. The van der Waals surface area contributed by atoms with Crippen LogP contribution >= 0.6 is 12.4 Å². The maximum Gasteiger partial charge on any atom is 0.224 e. The third-order valence-electron chi connectivity index (χ3n) is 4.02. The first-order valence-electron chi connectivity index (χ1n) is 6.94. The lowest BCUT2D eigenvalue weighted by Gasteiger charge is -2.21. The van der Waals surface area contributed by atoms with Gasteiger partial charge in [0.25, 0.3) is 0 Å². The molecule has 18 heavy (non-hydrogen) atoms. The molecule has 0 spiro atoms. The lowest BCUT2D eigenvalue weighted by Crippen LogP contribution is -2.40. The minimum absolute atomic E-state index is 0. The Balaban J connectivity index is 0.00000162. The highest BCUT2D eigenvalue weighted by Gasteiger charge is 2.30. The van der Waals surface area contributed by atoms with Crippen molar-refractivity contribution in [3.63, 3.8) is 0 Å². The van der Waals surface area contributed by atoms with Gasteiger partial charge in [0.15, 0.2) is 0 Å². The summed E-state index contributed by atoms with van der Waals surface area (Å²) in [4.78, 5) is 14.4. The Morgan fingerprint density at radius 3 is 2.61 bits per heavy atom. The van der Waals surface area contributed by atoms with Crippen molar-refractivity contribution in [1.29, 1.82) is 0 Å². The molecule has 2 rings (SSSR count). The smallest absolute Gasteiger partial charge is 0.224 e. The molecular formula is C13H26ClN3O. The fraction of sp³-hybridized carbons (Fsp3) is 0.923. The highest BCUT2D eigenvalue weighted by molar-refractivity contribution is 5.85. The van der Waals surface area contributed by atoms with E-state index in [0.717, 1.165) is 38.8 Å². The van der Waals surface area contributed by atoms with Crippen LogP contribution in [0.4, 0.5) is 0 Å². The molecule has 2 atom stereocenters. The average molecular weight is 276 g/mol. The first-order valence-corrected chi connectivity index (χ1v) is 6.94. The maximum atomic E-state index is 11.9. The van der Waals surface area contributed by atoms with Gasteiger partial charge in [0.2, 0.25) is 5.91 Å². The van der Waals surface area contributed by atoms with Crippen molar-refractivity contribution >= 4 is 18.3 Å². The van der Waals surface area contributed by atoms with Crippen molar-refractivity contribution < 1.29 is 4.79 Å². The summed E-state index contributed by atoms with van der Waals surface area (Å²) in [6, 6.07) is 0.795. The molecule has 5 heteroatoms. The van der Waals surface area contributed by atoms with Crippen LogP contribution in [0.15, 0.2) is 0 Å². The van der Waals surface area contributed by atoms with E-state index < -0.39 is 0 Å². The minimum atomic E-state index is 0. The van der Waals surface area contributed by atoms with E-state index in [1.807, 2.05) is 0 Å².